The Bertz CT molecular complexity index is 1220. The molecule has 0 saturated carbocycles. The van der Waals surface area contributed by atoms with E-state index in [0.717, 1.165) is 29.1 Å². The Balaban J connectivity index is 1.56. The summed E-state index contributed by atoms with van der Waals surface area (Å²) in [6, 6.07) is 15.6. The molecular formula is C22H20N4O2S. The fraction of sp³-hybridized carbons (Fsp3) is 0.182. The van der Waals surface area contributed by atoms with Crippen molar-refractivity contribution >= 4 is 33.3 Å². The molecule has 0 fully saturated rings. The molecule has 0 aliphatic rings. The molecule has 4 aromatic rings. The SMILES string of the molecule is CCc1ccc(NC(=O)Cn2cnc3c(-c4ccc(C)cc4)nsc3c2=O)cc1. The van der Waals surface area contributed by atoms with Crippen molar-refractivity contribution in [3.63, 3.8) is 0 Å². The van der Waals surface area contributed by atoms with Crippen molar-refractivity contribution < 1.29 is 4.79 Å². The van der Waals surface area contributed by atoms with E-state index in [9.17, 15) is 9.59 Å². The van der Waals surface area contributed by atoms with Crippen molar-refractivity contribution in [3.05, 3.63) is 76.3 Å². The first-order valence-corrected chi connectivity index (χ1v) is 10.1. The molecule has 6 nitrogen and oxygen atoms in total. The number of fused-ring (bicyclic) bond motifs is 1. The van der Waals surface area contributed by atoms with E-state index in [2.05, 4.69) is 21.6 Å². The third-order valence-corrected chi connectivity index (χ3v) is 5.56. The van der Waals surface area contributed by atoms with Crippen LogP contribution in [0.15, 0.2) is 59.7 Å². The van der Waals surface area contributed by atoms with Crippen LogP contribution < -0.4 is 10.9 Å². The second kappa shape index (κ2) is 7.97. The number of aromatic nitrogens is 3. The van der Waals surface area contributed by atoms with Crippen molar-refractivity contribution in [1.29, 1.82) is 0 Å². The molecule has 1 amide bonds. The second-order valence-corrected chi connectivity index (χ2v) is 7.62. The summed E-state index contributed by atoms with van der Waals surface area (Å²) in [6.45, 7) is 3.99. The van der Waals surface area contributed by atoms with Crippen molar-refractivity contribution in [1.82, 2.24) is 13.9 Å². The number of benzene rings is 2. The van der Waals surface area contributed by atoms with E-state index in [1.165, 1.54) is 16.5 Å². The molecule has 2 heterocycles. The predicted octanol–water partition coefficient (Wildman–Crippen LogP) is 4.03. The zero-order valence-corrected chi connectivity index (χ0v) is 17.0. The van der Waals surface area contributed by atoms with Crippen LogP contribution >= 0.6 is 11.5 Å². The van der Waals surface area contributed by atoms with Gasteiger partial charge in [-0.2, -0.15) is 4.37 Å². The lowest BCUT2D eigenvalue weighted by molar-refractivity contribution is -0.116. The molecule has 29 heavy (non-hydrogen) atoms. The molecular weight excluding hydrogens is 384 g/mol. The summed E-state index contributed by atoms with van der Waals surface area (Å²) in [5.41, 5.74) is 4.96. The van der Waals surface area contributed by atoms with Crippen LogP contribution in [0.5, 0.6) is 0 Å². The van der Waals surface area contributed by atoms with Gasteiger partial charge in [-0.3, -0.25) is 14.2 Å². The number of carbonyl (C=O) groups is 1. The molecule has 0 aliphatic heterocycles. The van der Waals surface area contributed by atoms with Gasteiger partial charge in [0.1, 0.15) is 22.5 Å². The van der Waals surface area contributed by atoms with Crippen LogP contribution in [0, 0.1) is 6.92 Å². The maximum atomic E-state index is 12.8. The molecule has 0 unspecified atom stereocenters. The van der Waals surface area contributed by atoms with E-state index < -0.39 is 0 Å². The van der Waals surface area contributed by atoms with Gasteiger partial charge in [0.05, 0.1) is 6.33 Å². The quantitative estimate of drug-likeness (QED) is 0.545. The standard InChI is InChI=1S/C22H20N4O2S/c1-3-15-6-10-17(11-7-15)24-18(27)12-26-13-23-20-19(25-29-21(20)22(26)28)16-8-4-14(2)5-9-16/h4-11,13H,3,12H2,1-2H3,(H,24,27). The maximum Gasteiger partial charge on any atom is 0.273 e. The molecule has 2 aromatic carbocycles. The first-order chi connectivity index (χ1) is 14.0. The first kappa shape index (κ1) is 19.0. The smallest absolute Gasteiger partial charge is 0.273 e. The topological polar surface area (TPSA) is 76.9 Å². The highest BCUT2D eigenvalue weighted by Gasteiger charge is 2.15. The third kappa shape index (κ3) is 3.95. The number of carbonyl (C=O) groups excluding carboxylic acids is 1. The van der Waals surface area contributed by atoms with Crippen molar-refractivity contribution in [2.45, 2.75) is 26.8 Å². The lowest BCUT2D eigenvalue weighted by atomic mass is 10.1. The Morgan fingerprint density at radius 2 is 1.83 bits per heavy atom. The second-order valence-electron chi connectivity index (χ2n) is 6.85. The number of hydrogen-bond donors (Lipinski definition) is 1. The molecule has 0 bridgehead atoms. The highest BCUT2D eigenvalue weighted by atomic mass is 32.1. The fourth-order valence-corrected chi connectivity index (χ4v) is 3.85. The number of hydrogen-bond acceptors (Lipinski definition) is 5. The van der Waals surface area contributed by atoms with Gasteiger partial charge in [-0.1, -0.05) is 48.9 Å². The Morgan fingerprint density at radius 1 is 1.10 bits per heavy atom. The van der Waals surface area contributed by atoms with Crippen molar-refractivity contribution in [2.75, 3.05) is 5.32 Å². The van der Waals surface area contributed by atoms with Gasteiger partial charge < -0.3 is 5.32 Å². The van der Waals surface area contributed by atoms with E-state index in [1.54, 1.807) is 0 Å². The number of nitrogens with one attached hydrogen (secondary N) is 1. The molecule has 4 rings (SSSR count). The molecule has 0 radical (unpaired) electrons. The summed E-state index contributed by atoms with van der Waals surface area (Å²) in [4.78, 5) is 29.6. The van der Waals surface area contributed by atoms with Gasteiger partial charge >= 0.3 is 0 Å². The molecule has 146 valence electrons. The van der Waals surface area contributed by atoms with Crippen LogP contribution in [-0.2, 0) is 17.8 Å². The van der Waals surface area contributed by atoms with Gasteiger partial charge in [-0.05, 0) is 42.6 Å². The van der Waals surface area contributed by atoms with E-state index in [0.29, 0.717) is 21.6 Å². The van der Waals surface area contributed by atoms with Gasteiger partial charge in [0, 0.05) is 11.3 Å². The summed E-state index contributed by atoms with van der Waals surface area (Å²) in [5, 5.41) is 2.81. The molecule has 0 saturated heterocycles. The molecule has 0 aliphatic carbocycles. The van der Waals surface area contributed by atoms with E-state index in [1.807, 2.05) is 55.5 Å². The summed E-state index contributed by atoms with van der Waals surface area (Å²) in [6.07, 6.45) is 2.35. The van der Waals surface area contributed by atoms with Crippen LogP contribution in [0.3, 0.4) is 0 Å². The largest absolute Gasteiger partial charge is 0.325 e. The third-order valence-electron chi connectivity index (χ3n) is 4.73. The molecule has 0 spiro atoms. The van der Waals surface area contributed by atoms with Gasteiger partial charge in [-0.15, -0.1) is 0 Å². The number of nitrogens with zero attached hydrogens (tertiary/aromatic N) is 3. The normalized spacial score (nSPS) is 11.0. The lowest BCUT2D eigenvalue weighted by Gasteiger charge is -2.08. The average Bonchev–Trinajstić information content (AvgIpc) is 3.16. The van der Waals surface area contributed by atoms with Gasteiger partial charge in [0.2, 0.25) is 5.91 Å². The average molecular weight is 404 g/mol. The van der Waals surface area contributed by atoms with Crippen LogP contribution in [0.25, 0.3) is 21.5 Å². The highest BCUT2D eigenvalue weighted by molar-refractivity contribution is 7.13. The minimum absolute atomic E-state index is 0.102. The minimum Gasteiger partial charge on any atom is -0.325 e. The van der Waals surface area contributed by atoms with Crippen molar-refractivity contribution in [2.24, 2.45) is 0 Å². The Labute approximate surface area is 172 Å². The molecule has 7 heteroatoms. The predicted molar refractivity (Wildman–Crippen MR) is 116 cm³/mol. The van der Waals surface area contributed by atoms with Gasteiger partial charge in [0.25, 0.3) is 5.56 Å². The molecule has 2 aromatic heterocycles. The van der Waals surface area contributed by atoms with Crippen molar-refractivity contribution in [3.8, 4) is 11.3 Å². The van der Waals surface area contributed by atoms with Crippen LogP contribution in [0.4, 0.5) is 5.69 Å². The zero-order valence-electron chi connectivity index (χ0n) is 16.2. The summed E-state index contributed by atoms with van der Waals surface area (Å²) in [7, 11) is 0. The van der Waals surface area contributed by atoms with E-state index >= 15 is 0 Å². The van der Waals surface area contributed by atoms with Crippen LogP contribution in [0.2, 0.25) is 0 Å². The van der Waals surface area contributed by atoms with Crippen LogP contribution in [-0.4, -0.2) is 19.8 Å². The van der Waals surface area contributed by atoms with Crippen LogP contribution in [0.1, 0.15) is 18.1 Å². The Kier molecular flexibility index (Phi) is 5.22. The number of anilines is 1. The maximum absolute atomic E-state index is 12.8. The minimum atomic E-state index is -0.277. The summed E-state index contributed by atoms with van der Waals surface area (Å²) >= 11 is 1.11. The Morgan fingerprint density at radius 3 is 2.52 bits per heavy atom. The highest BCUT2D eigenvalue weighted by Crippen LogP contribution is 2.27. The molecule has 0 atom stereocenters. The fourth-order valence-electron chi connectivity index (χ4n) is 3.05. The lowest BCUT2D eigenvalue weighted by Crippen LogP contribution is -2.27. The summed E-state index contributed by atoms with van der Waals surface area (Å²) in [5.74, 6) is -0.277. The monoisotopic (exact) mass is 404 g/mol. The van der Waals surface area contributed by atoms with Gasteiger partial charge in [0.15, 0.2) is 0 Å². The Hall–Kier alpha value is -3.32. The van der Waals surface area contributed by atoms with E-state index in [4.69, 9.17) is 0 Å². The number of rotatable bonds is 5. The number of aryl methyl sites for hydroxylation is 2. The molecule has 1 N–H and O–H groups in total. The van der Waals surface area contributed by atoms with Gasteiger partial charge in [-0.25, -0.2) is 4.98 Å². The zero-order chi connectivity index (χ0) is 20.4. The van der Waals surface area contributed by atoms with E-state index in [-0.39, 0.29) is 18.0 Å². The number of amides is 1. The first-order valence-electron chi connectivity index (χ1n) is 9.36. The summed E-state index contributed by atoms with van der Waals surface area (Å²) < 4.78 is 6.19.